The third kappa shape index (κ3) is 6.05. The van der Waals surface area contributed by atoms with E-state index in [2.05, 4.69) is 15.5 Å². The topological polar surface area (TPSA) is 91.0 Å². The van der Waals surface area contributed by atoms with Gasteiger partial charge in [0.05, 0.1) is 19.7 Å². The average molecular weight is 425 g/mol. The highest BCUT2D eigenvalue weighted by Crippen LogP contribution is 2.27. The van der Waals surface area contributed by atoms with E-state index in [1.165, 1.54) is 6.92 Å². The van der Waals surface area contributed by atoms with Gasteiger partial charge in [0.25, 0.3) is 0 Å². The molecule has 0 spiro atoms. The first-order chi connectivity index (χ1) is 14.9. The molecule has 1 saturated heterocycles. The Kier molecular flexibility index (Phi) is 7.25. The summed E-state index contributed by atoms with van der Waals surface area (Å²) in [7, 11) is 1.62. The Labute approximate surface area is 182 Å². The summed E-state index contributed by atoms with van der Waals surface area (Å²) in [6, 6.07) is 14.5. The molecule has 0 saturated carbocycles. The second-order valence-corrected chi connectivity index (χ2v) is 7.54. The Morgan fingerprint density at radius 1 is 0.935 bits per heavy atom. The summed E-state index contributed by atoms with van der Waals surface area (Å²) in [6.07, 6.45) is 0. The van der Waals surface area contributed by atoms with Crippen LogP contribution in [0, 0.1) is 0 Å². The molecule has 3 rings (SSSR count). The molecule has 3 amide bonds. The fourth-order valence-corrected chi connectivity index (χ4v) is 3.72. The molecule has 164 valence electrons. The summed E-state index contributed by atoms with van der Waals surface area (Å²) >= 11 is 0. The van der Waals surface area contributed by atoms with Gasteiger partial charge in [-0.3, -0.25) is 19.3 Å². The van der Waals surface area contributed by atoms with E-state index >= 15 is 0 Å². The quantitative estimate of drug-likeness (QED) is 0.744. The van der Waals surface area contributed by atoms with Gasteiger partial charge in [0.2, 0.25) is 17.7 Å². The number of rotatable bonds is 6. The average Bonchev–Trinajstić information content (AvgIpc) is 2.74. The number of benzene rings is 2. The van der Waals surface area contributed by atoms with Crippen LogP contribution in [0.15, 0.2) is 48.5 Å². The summed E-state index contributed by atoms with van der Waals surface area (Å²) in [5.41, 5.74) is 2.34. The van der Waals surface area contributed by atoms with Gasteiger partial charge in [-0.05, 0) is 42.0 Å². The van der Waals surface area contributed by atoms with Gasteiger partial charge in [-0.15, -0.1) is 0 Å². The number of nitrogens with zero attached hydrogens (tertiary/aromatic N) is 2. The highest BCUT2D eigenvalue weighted by Gasteiger charge is 2.30. The molecular weight excluding hydrogens is 396 g/mol. The minimum Gasteiger partial charge on any atom is -0.497 e. The molecule has 8 nitrogen and oxygen atoms in total. The first-order valence-electron chi connectivity index (χ1n) is 10.2. The van der Waals surface area contributed by atoms with Crippen LogP contribution in [0.5, 0.6) is 5.75 Å². The number of piperazine rings is 1. The van der Waals surface area contributed by atoms with Gasteiger partial charge in [-0.1, -0.05) is 12.1 Å². The van der Waals surface area contributed by atoms with Crippen molar-refractivity contribution in [2.45, 2.75) is 19.9 Å². The van der Waals surface area contributed by atoms with Crippen LogP contribution in [0.1, 0.15) is 25.5 Å². The first-order valence-corrected chi connectivity index (χ1v) is 10.2. The molecule has 1 aliphatic heterocycles. The van der Waals surface area contributed by atoms with Crippen molar-refractivity contribution in [3.05, 3.63) is 54.1 Å². The number of hydrogen-bond donors (Lipinski definition) is 2. The van der Waals surface area contributed by atoms with Crippen LogP contribution >= 0.6 is 0 Å². The van der Waals surface area contributed by atoms with E-state index < -0.39 is 0 Å². The van der Waals surface area contributed by atoms with Crippen molar-refractivity contribution in [3.8, 4) is 5.75 Å². The number of hydrogen-bond acceptors (Lipinski definition) is 5. The maximum Gasteiger partial charge on any atom is 0.238 e. The van der Waals surface area contributed by atoms with Crippen molar-refractivity contribution >= 4 is 29.1 Å². The third-order valence-corrected chi connectivity index (χ3v) is 5.23. The monoisotopic (exact) mass is 424 g/mol. The van der Waals surface area contributed by atoms with E-state index in [4.69, 9.17) is 4.74 Å². The van der Waals surface area contributed by atoms with Crippen LogP contribution in [0.2, 0.25) is 0 Å². The summed E-state index contributed by atoms with van der Waals surface area (Å²) in [4.78, 5) is 39.7. The van der Waals surface area contributed by atoms with Gasteiger partial charge >= 0.3 is 0 Å². The van der Waals surface area contributed by atoms with Gasteiger partial charge in [0.1, 0.15) is 5.75 Å². The molecule has 2 aromatic rings. The predicted molar refractivity (Wildman–Crippen MR) is 119 cm³/mol. The van der Waals surface area contributed by atoms with Crippen LogP contribution in [-0.2, 0) is 14.4 Å². The molecular formula is C23H28N4O4. The molecule has 0 bridgehead atoms. The van der Waals surface area contributed by atoms with E-state index in [1.807, 2.05) is 29.2 Å². The number of anilines is 2. The summed E-state index contributed by atoms with van der Waals surface area (Å²) in [6.45, 7) is 5.00. The number of carbonyl (C=O) groups excluding carboxylic acids is 3. The zero-order chi connectivity index (χ0) is 22.4. The van der Waals surface area contributed by atoms with Crippen molar-refractivity contribution in [3.63, 3.8) is 0 Å². The second kappa shape index (κ2) is 10.1. The molecule has 1 atom stereocenters. The lowest BCUT2D eigenvalue weighted by Gasteiger charge is -2.41. The molecule has 2 N–H and O–H groups in total. The highest BCUT2D eigenvalue weighted by atomic mass is 16.5. The molecule has 0 aliphatic carbocycles. The maximum atomic E-state index is 12.6. The minimum atomic E-state index is -0.145. The molecule has 1 fully saturated rings. The van der Waals surface area contributed by atoms with E-state index in [0.29, 0.717) is 31.0 Å². The summed E-state index contributed by atoms with van der Waals surface area (Å²) < 4.78 is 5.22. The third-order valence-electron chi connectivity index (χ3n) is 5.23. The van der Waals surface area contributed by atoms with Crippen LogP contribution in [0.3, 0.4) is 0 Å². The molecule has 2 aromatic carbocycles. The van der Waals surface area contributed by atoms with Gasteiger partial charge in [0, 0.05) is 44.9 Å². The fraction of sp³-hybridized carbons (Fsp3) is 0.348. The SMILES string of the molecule is COc1ccc(C2CN(CC(=O)Nc3ccc(NC(C)=O)cc3)CCN2C(C)=O)cc1. The van der Waals surface area contributed by atoms with E-state index in [1.54, 1.807) is 38.3 Å². The van der Waals surface area contributed by atoms with E-state index in [-0.39, 0.29) is 30.3 Å². The largest absolute Gasteiger partial charge is 0.497 e. The number of amides is 3. The lowest BCUT2D eigenvalue weighted by molar-refractivity contribution is -0.134. The number of nitrogens with one attached hydrogen (secondary N) is 2. The predicted octanol–water partition coefficient (Wildman–Crippen LogP) is 2.50. The molecule has 1 unspecified atom stereocenters. The van der Waals surface area contributed by atoms with Crippen molar-refractivity contribution in [2.75, 3.05) is 43.9 Å². The minimum absolute atomic E-state index is 0.0178. The van der Waals surface area contributed by atoms with Gasteiger partial charge in [-0.2, -0.15) is 0 Å². The van der Waals surface area contributed by atoms with Crippen molar-refractivity contribution < 1.29 is 19.1 Å². The Bertz CT molecular complexity index is 928. The Morgan fingerprint density at radius 2 is 1.55 bits per heavy atom. The van der Waals surface area contributed by atoms with Gasteiger partial charge in [-0.25, -0.2) is 0 Å². The molecule has 31 heavy (non-hydrogen) atoms. The van der Waals surface area contributed by atoms with Crippen LogP contribution in [-0.4, -0.2) is 60.8 Å². The molecule has 0 radical (unpaired) electrons. The smallest absolute Gasteiger partial charge is 0.238 e. The van der Waals surface area contributed by atoms with Crippen LogP contribution in [0.25, 0.3) is 0 Å². The lowest BCUT2D eigenvalue weighted by Crippen LogP contribution is -2.51. The van der Waals surface area contributed by atoms with Crippen molar-refractivity contribution in [2.24, 2.45) is 0 Å². The number of ether oxygens (including phenoxy) is 1. The zero-order valence-corrected chi connectivity index (χ0v) is 18.1. The van der Waals surface area contributed by atoms with E-state index in [0.717, 1.165) is 11.3 Å². The first kappa shape index (κ1) is 22.3. The molecule has 1 aliphatic rings. The van der Waals surface area contributed by atoms with Crippen LogP contribution < -0.4 is 15.4 Å². The van der Waals surface area contributed by atoms with Crippen molar-refractivity contribution in [1.82, 2.24) is 9.80 Å². The summed E-state index contributed by atoms with van der Waals surface area (Å²) in [5, 5.41) is 5.57. The highest BCUT2D eigenvalue weighted by molar-refractivity contribution is 5.93. The zero-order valence-electron chi connectivity index (χ0n) is 18.1. The Hall–Kier alpha value is -3.39. The number of carbonyl (C=O) groups is 3. The standard InChI is InChI=1S/C23H28N4O4/c1-16(28)24-19-6-8-20(9-7-19)25-23(30)15-26-12-13-27(17(2)29)22(14-26)18-4-10-21(31-3)11-5-18/h4-11,22H,12-15H2,1-3H3,(H,24,28)(H,25,30). The Balaban J connectivity index is 1.62. The van der Waals surface area contributed by atoms with Crippen molar-refractivity contribution in [1.29, 1.82) is 0 Å². The molecule has 1 heterocycles. The Morgan fingerprint density at radius 3 is 2.10 bits per heavy atom. The number of methoxy groups -OCH3 is 1. The summed E-state index contributed by atoms with van der Waals surface area (Å²) in [5.74, 6) is 0.504. The fourth-order valence-electron chi connectivity index (χ4n) is 3.72. The normalized spacial score (nSPS) is 16.5. The van der Waals surface area contributed by atoms with Gasteiger partial charge < -0.3 is 20.3 Å². The molecule has 8 heteroatoms. The second-order valence-electron chi connectivity index (χ2n) is 7.54. The van der Waals surface area contributed by atoms with E-state index in [9.17, 15) is 14.4 Å². The van der Waals surface area contributed by atoms with Gasteiger partial charge in [0.15, 0.2) is 0 Å². The lowest BCUT2D eigenvalue weighted by atomic mass is 10.0. The maximum absolute atomic E-state index is 12.6. The van der Waals surface area contributed by atoms with Crippen LogP contribution in [0.4, 0.5) is 11.4 Å². The molecule has 0 aromatic heterocycles.